The number of amides is 2. The molecule has 9 nitrogen and oxygen atoms in total. The number of phenolic OH excluding ortho intramolecular Hbond substituents is 1. The number of nitrogens with one attached hydrogen (secondary N) is 3. The summed E-state index contributed by atoms with van der Waals surface area (Å²) in [6.45, 7) is 10.7. The fourth-order valence-corrected chi connectivity index (χ4v) is 5.55. The van der Waals surface area contributed by atoms with Gasteiger partial charge < -0.3 is 25.8 Å². The number of anilines is 1. The predicted octanol–water partition coefficient (Wildman–Crippen LogP) is 6.99. The molecule has 0 saturated heterocycles. The molecule has 4 N–H and O–H groups in total. The maximum atomic E-state index is 14.3. The Bertz CT molecular complexity index is 1540. The van der Waals surface area contributed by atoms with Crippen LogP contribution in [0.4, 0.5) is 14.9 Å². The number of rotatable bonds is 8. The summed E-state index contributed by atoms with van der Waals surface area (Å²) in [7, 11) is 0. The summed E-state index contributed by atoms with van der Waals surface area (Å²) in [6, 6.07) is 8.03. The number of pyridine rings is 1. The molecule has 0 radical (unpaired) electrons. The first kappa shape index (κ1) is 33.0. The van der Waals surface area contributed by atoms with Crippen molar-refractivity contribution < 1.29 is 28.6 Å². The Kier molecular flexibility index (Phi) is 10.0. The maximum absolute atomic E-state index is 14.3. The molecular weight excluding hydrogens is 587 g/mol. The Hall–Kier alpha value is -3.92. The van der Waals surface area contributed by atoms with E-state index < -0.39 is 29.3 Å². The Labute approximate surface area is 261 Å². The molecule has 1 unspecified atom stereocenters. The highest BCUT2D eigenvalue weighted by Crippen LogP contribution is 2.36. The van der Waals surface area contributed by atoms with Crippen LogP contribution in [0.3, 0.4) is 0 Å². The molecule has 1 atom stereocenters. The monoisotopic (exact) mass is 626 g/mol. The molecule has 44 heavy (non-hydrogen) atoms. The number of fused-ring (bicyclic) bond motifs is 1. The second-order valence-electron chi connectivity index (χ2n) is 12.8. The lowest BCUT2D eigenvalue weighted by Crippen LogP contribution is -2.50. The molecule has 236 valence electrons. The largest absolute Gasteiger partial charge is 0.504 e. The number of aromatic nitrogens is 1. The number of benzene rings is 2. The lowest BCUT2D eigenvalue weighted by atomic mass is 9.90. The van der Waals surface area contributed by atoms with Crippen LogP contribution in [0.1, 0.15) is 77.6 Å². The van der Waals surface area contributed by atoms with E-state index in [-0.39, 0.29) is 34.7 Å². The van der Waals surface area contributed by atoms with Crippen molar-refractivity contribution in [2.24, 2.45) is 5.92 Å². The lowest BCUT2D eigenvalue weighted by molar-refractivity contribution is -0.132. The predicted molar refractivity (Wildman–Crippen MR) is 170 cm³/mol. The van der Waals surface area contributed by atoms with Crippen molar-refractivity contribution >= 4 is 46.0 Å². The third kappa shape index (κ3) is 7.96. The molecule has 2 amide bonds. The molecule has 1 aromatic heterocycles. The van der Waals surface area contributed by atoms with E-state index in [1.54, 1.807) is 18.3 Å². The Morgan fingerprint density at radius 3 is 2.30 bits per heavy atom. The summed E-state index contributed by atoms with van der Waals surface area (Å²) in [6.07, 6.45) is 2.84. The first-order chi connectivity index (χ1) is 20.6. The fourth-order valence-electron chi connectivity index (χ4n) is 5.34. The van der Waals surface area contributed by atoms with Crippen LogP contribution in [0, 0.1) is 11.7 Å². The second kappa shape index (κ2) is 13.4. The van der Waals surface area contributed by atoms with Crippen LogP contribution in [-0.2, 0) is 9.53 Å². The second-order valence-corrected chi connectivity index (χ2v) is 13.2. The minimum absolute atomic E-state index is 0.0192. The van der Waals surface area contributed by atoms with Crippen LogP contribution >= 0.6 is 11.6 Å². The average Bonchev–Trinajstić information content (AvgIpc) is 2.94. The summed E-state index contributed by atoms with van der Waals surface area (Å²) < 4.78 is 19.7. The van der Waals surface area contributed by atoms with Gasteiger partial charge in [0.15, 0.2) is 23.5 Å². The van der Waals surface area contributed by atoms with Gasteiger partial charge in [0.05, 0.1) is 21.8 Å². The molecule has 1 aliphatic carbocycles. The van der Waals surface area contributed by atoms with Crippen molar-refractivity contribution in [3.05, 3.63) is 52.9 Å². The summed E-state index contributed by atoms with van der Waals surface area (Å²) in [5, 5.41) is 19.7. The average molecular weight is 627 g/mol. The van der Waals surface area contributed by atoms with Gasteiger partial charge in [0.25, 0.3) is 5.91 Å². The van der Waals surface area contributed by atoms with E-state index in [0.29, 0.717) is 46.1 Å². The highest BCUT2D eigenvalue weighted by molar-refractivity contribution is 6.32. The zero-order valence-electron chi connectivity index (χ0n) is 25.9. The normalized spacial score (nSPS) is 17.7. The van der Waals surface area contributed by atoms with Gasteiger partial charge in [-0.3, -0.25) is 14.6 Å². The number of carbonyl (C=O) groups is 3. The zero-order valence-corrected chi connectivity index (χ0v) is 26.6. The number of phenols is 1. The summed E-state index contributed by atoms with van der Waals surface area (Å²) in [5.41, 5.74) is 2.37. The van der Waals surface area contributed by atoms with Gasteiger partial charge in [0.1, 0.15) is 0 Å². The molecule has 1 aliphatic rings. The molecule has 1 saturated carbocycles. The number of hydrogen-bond donors (Lipinski definition) is 4. The molecule has 2 aromatic carbocycles. The van der Waals surface area contributed by atoms with E-state index in [4.69, 9.17) is 16.3 Å². The number of Topliss-reactive ketones (excluding diaryl/α,β-unsaturated/α-hetero) is 1. The van der Waals surface area contributed by atoms with Crippen molar-refractivity contribution in [3.8, 4) is 16.9 Å². The topological polar surface area (TPSA) is 130 Å². The Morgan fingerprint density at radius 1 is 1.05 bits per heavy atom. The van der Waals surface area contributed by atoms with Gasteiger partial charge in [-0.2, -0.15) is 0 Å². The van der Waals surface area contributed by atoms with E-state index in [1.165, 1.54) is 19.1 Å². The van der Waals surface area contributed by atoms with Gasteiger partial charge in [-0.1, -0.05) is 31.5 Å². The standard InChI is InChI=1S/C33H40ClFN4O5/c1-17(2)30(44-32(43)39-33(4,5)6)31(42)38-22-10-8-21(9-11-22)37-28-23-13-19(20-14-25(34)29(41)26(35)15-20)7-12-27(23)36-16-24(28)18(3)40/h7,12-17,21-22,30,41H,8-11H2,1-6H3,(H,36,37)(H,38,42)(H,39,43). The molecular formula is C33H40ClFN4O5. The minimum Gasteiger partial charge on any atom is -0.504 e. The van der Waals surface area contributed by atoms with Gasteiger partial charge in [0, 0.05) is 29.2 Å². The zero-order chi connectivity index (χ0) is 32.3. The van der Waals surface area contributed by atoms with Crippen molar-refractivity contribution in [2.45, 2.75) is 91.0 Å². The molecule has 11 heteroatoms. The van der Waals surface area contributed by atoms with Crippen LogP contribution in [0.15, 0.2) is 36.5 Å². The maximum Gasteiger partial charge on any atom is 0.408 e. The summed E-state index contributed by atoms with van der Waals surface area (Å²) in [4.78, 5) is 42.5. The molecule has 0 spiro atoms. The fraction of sp³-hybridized carbons (Fsp3) is 0.455. The van der Waals surface area contributed by atoms with Crippen LogP contribution in [0.5, 0.6) is 5.75 Å². The third-order valence-electron chi connectivity index (χ3n) is 7.59. The first-order valence-electron chi connectivity index (χ1n) is 14.8. The molecule has 0 bridgehead atoms. The number of alkyl carbamates (subject to hydrolysis) is 1. The van der Waals surface area contributed by atoms with Crippen molar-refractivity contribution in [1.82, 2.24) is 15.6 Å². The van der Waals surface area contributed by atoms with Gasteiger partial charge in [-0.15, -0.1) is 0 Å². The van der Waals surface area contributed by atoms with Crippen LogP contribution in [-0.4, -0.2) is 51.6 Å². The molecule has 1 fully saturated rings. The number of nitrogens with zero attached hydrogens (tertiary/aromatic N) is 1. The third-order valence-corrected chi connectivity index (χ3v) is 7.88. The highest BCUT2D eigenvalue weighted by atomic mass is 35.5. The summed E-state index contributed by atoms with van der Waals surface area (Å²) >= 11 is 6.02. The Morgan fingerprint density at radius 2 is 1.70 bits per heavy atom. The number of halogens is 2. The van der Waals surface area contributed by atoms with Gasteiger partial charge in [-0.05, 0) is 94.7 Å². The number of carbonyl (C=O) groups excluding carboxylic acids is 3. The van der Waals surface area contributed by atoms with Gasteiger partial charge >= 0.3 is 6.09 Å². The number of aromatic hydroxyl groups is 1. The number of ketones is 1. The molecule has 1 heterocycles. The van der Waals surface area contributed by atoms with E-state index in [1.807, 2.05) is 40.7 Å². The van der Waals surface area contributed by atoms with E-state index in [9.17, 15) is 23.9 Å². The quantitative estimate of drug-likeness (QED) is 0.198. The number of ether oxygens (including phenoxy) is 1. The first-order valence-corrected chi connectivity index (χ1v) is 15.2. The minimum atomic E-state index is -0.916. The van der Waals surface area contributed by atoms with Crippen LogP contribution in [0.25, 0.3) is 22.0 Å². The van der Waals surface area contributed by atoms with E-state index in [2.05, 4.69) is 20.9 Å². The molecule has 3 aromatic rings. The SMILES string of the molecule is CC(=O)c1cnc2ccc(-c3cc(F)c(O)c(Cl)c3)cc2c1NC1CCC(NC(=O)C(OC(=O)NC(C)(C)C)C(C)C)CC1. The van der Waals surface area contributed by atoms with E-state index in [0.717, 1.165) is 12.8 Å². The smallest absolute Gasteiger partial charge is 0.408 e. The highest BCUT2D eigenvalue weighted by Gasteiger charge is 2.31. The molecule has 4 rings (SSSR count). The molecule has 0 aliphatic heterocycles. The van der Waals surface area contributed by atoms with Gasteiger partial charge in [-0.25, -0.2) is 9.18 Å². The van der Waals surface area contributed by atoms with Crippen molar-refractivity contribution in [1.29, 1.82) is 0 Å². The van der Waals surface area contributed by atoms with Gasteiger partial charge in [0.2, 0.25) is 0 Å². The van der Waals surface area contributed by atoms with E-state index >= 15 is 0 Å². The van der Waals surface area contributed by atoms with Crippen LogP contribution < -0.4 is 16.0 Å². The lowest BCUT2D eigenvalue weighted by Gasteiger charge is -2.32. The Balaban J connectivity index is 1.49. The summed E-state index contributed by atoms with van der Waals surface area (Å²) in [5.74, 6) is -2.11. The number of hydrogen-bond acceptors (Lipinski definition) is 7. The van der Waals surface area contributed by atoms with Crippen LogP contribution in [0.2, 0.25) is 5.02 Å². The van der Waals surface area contributed by atoms with Crippen molar-refractivity contribution in [2.75, 3.05) is 5.32 Å². The van der Waals surface area contributed by atoms with Crippen molar-refractivity contribution in [3.63, 3.8) is 0 Å².